The first-order valence-corrected chi connectivity index (χ1v) is 12.3. The van der Waals surface area contributed by atoms with E-state index >= 15 is 0 Å². The number of thioether (sulfide) groups is 2. The normalized spacial score (nSPS) is 23.8. The Balaban J connectivity index is 1.34. The molecule has 2 amide bonds. The molecule has 1 aromatic heterocycles. The molecule has 8 nitrogen and oxygen atoms in total. The fourth-order valence-corrected chi connectivity index (χ4v) is 7.36. The predicted molar refractivity (Wildman–Crippen MR) is 118 cm³/mol. The lowest BCUT2D eigenvalue weighted by Crippen LogP contribution is -2.71. The van der Waals surface area contributed by atoms with Crippen LogP contribution in [0.2, 0.25) is 0 Å². The van der Waals surface area contributed by atoms with E-state index in [4.69, 9.17) is 0 Å². The summed E-state index contributed by atoms with van der Waals surface area (Å²) in [6.07, 6.45) is 1.49. The van der Waals surface area contributed by atoms with E-state index in [1.165, 1.54) is 39.8 Å². The van der Waals surface area contributed by atoms with Crippen LogP contribution in [0, 0.1) is 6.92 Å². The van der Waals surface area contributed by atoms with Crippen molar-refractivity contribution in [1.82, 2.24) is 20.4 Å². The lowest BCUT2D eigenvalue weighted by Gasteiger charge is -2.49. The number of aliphatic carboxylic acids is 1. The Hall–Kier alpha value is -2.37. The highest BCUT2D eigenvalue weighted by molar-refractivity contribution is 8.07. The maximum atomic E-state index is 13.0. The van der Waals surface area contributed by atoms with Gasteiger partial charge in [0, 0.05) is 10.7 Å². The number of carboxylic acids is 1. The van der Waals surface area contributed by atoms with E-state index in [1.807, 2.05) is 37.3 Å². The van der Waals surface area contributed by atoms with Crippen molar-refractivity contribution in [1.29, 1.82) is 0 Å². The molecule has 1 aliphatic carbocycles. The molecule has 0 unspecified atom stereocenters. The number of rotatable bonds is 6. The maximum Gasteiger partial charge on any atom is 0.353 e. The summed E-state index contributed by atoms with van der Waals surface area (Å²) in [5, 5.41) is 21.1. The van der Waals surface area contributed by atoms with E-state index in [0.717, 1.165) is 23.4 Å². The van der Waals surface area contributed by atoms with Crippen molar-refractivity contribution in [2.24, 2.45) is 0 Å². The molecular weight excluding hydrogens is 456 g/mol. The third kappa shape index (κ3) is 3.44. The number of benzene rings is 1. The number of carboxylic acid groups (broad SMARTS) is 1. The van der Waals surface area contributed by atoms with Crippen molar-refractivity contribution in [3.8, 4) is 0 Å². The van der Waals surface area contributed by atoms with Crippen LogP contribution in [0.4, 0.5) is 0 Å². The quantitative estimate of drug-likeness (QED) is 0.614. The molecule has 2 fully saturated rings. The van der Waals surface area contributed by atoms with Crippen LogP contribution in [0.3, 0.4) is 0 Å². The van der Waals surface area contributed by atoms with Crippen molar-refractivity contribution in [3.63, 3.8) is 0 Å². The number of β-lactam (4-membered cyclic amide) rings is 1. The second-order valence-electron chi connectivity index (χ2n) is 7.58. The number of amides is 2. The van der Waals surface area contributed by atoms with Gasteiger partial charge in [0.2, 0.25) is 5.91 Å². The molecular formula is C20H18N4O4S3. The summed E-state index contributed by atoms with van der Waals surface area (Å²) in [5.41, 5.74) is 0.342. The zero-order chi connectivity index (χ0) is 21.8. The minimum Gasteiger partial charge on any atom is -0.477 e. The summed E-state index contributed by atoms with van der Waals surface area (Å²) in [6, 6.07) is 8.85. The van der Waals surface area contributed by atoms with E-state index in [-0.39, 0.29) is 11.6 Å². The smallest absolute Gasteiger partial charge is 0.353 e. The third-order valence-electron chi connectivity index (χ3n) is 5.65. The Kier molecular flexibility index (Phi) is 5.06. The molecule has 0 spiro atoms. The molecule has 1 saturated carbocycles. The van der Waals surface area contributed by atoms with Crippen molar-refractivity contribution < 1.29 is 19.5 Å². The summed E-state index contributed by atoms with van der Waals surface area (Å²) < 4.78 is 0.640. The Morgan fingerprint density at radius 3 is 2.61 bits per heavy atom. The SMILES string of the molecule is Cc1nnc(SC2=C(C(=O)O)N3C(=O)[C@@H](NC(=O)C4(c5ccccc5)CC4)[C@@H]3SC2)s1. The average Bonchev–Trinajstić information content (AvgIpc) is 3.48. The van der Waals surface area contributed by atoms with Crippen LogP contribution in [0.1, 0.15) is 23.4 Å². The molecule has 1 saturated heterocycles. The van der Waals surface area contributed by atoms with Gasteiger partial charge in [-0.1, -0.05) is 53.4 Å². The molecule has 3 aliphatic rings. The largest absolute Gasteiger partial charge is 0.477 e. The fraction of sp³-hybridized carbons (Fsp3) is 0.350. The number of aromatic nitrogens is 2. The molecule has 2 aliphatic heterocycles. The summed E-state index contributed by atoms with van der Waals surface area (Å²) in [5.74, 6) is -1.29. The van der Waals surface area contributed by atoms with Crippen LogP contribution in [0.15, 0.2) is 45.3 Å². The van der Waals surface area contributed by atoms with Gasteiger partial charge in [-0.2, -0.15) is 0 Å². The van der Waals surface area contributed by atoms with Gasteiger partial charge < -0.3 is 10.4 Å². The molecule has 31 heavy (non-hydrogen) atoms. The summed E-state index contributed by atoms with van der Waals surface area (Å²) >= 11 is 4.06. The van der Waals surface area contributed by atoms with Gasteiger partial charge in [-0.25, -0.2) is 4.79 Å². The highest BCUT2D eigenvalue weighted by Gasteiger charge is 2.58. The Labute approximate surface area is 190 Å². The van der Waals surface area contributed by atoms with E-state index < -0.39 is 28.7 Å². The number of hydrogen-bond acceptors (Lipinski definition) is 8. The zero-order valence-electron chi connectivity index (χ0n) is 16.4. The number of carbonyl (C=O) groups excluding carboxylic acids is 2. The Morgan fingerprint density at radius 1 is 1.26 bits per heavy atom. The van der Waals surface area contributed by atoms with Crippen molar-refractivity contribution >= 4 is 52.6 Å². The zero-order valence-corrected chi connectivity index (χ0v) is 18.9. The first-order valence-electron chi connectivity index (χ1n) is 9.66. The Bertz CT molecular complexity index is 1110. The van der Waals surface area contributed by atoms with Gasteiger partial charge in [-0.15, -0.1) is 22.0 Å². The highest BCUT2D eigenvalue weighted by Crippen LogP contribution is 2.50. The van der Waals surface area contributed by atoms with Crippen LogP contribution in [-0.2, 0) is 19.8 Å². The summed E-state index contributed by atoms with van der Waals surface area (Å²) in [6.45, 7) is 1.83. The van der Waals surface area contributed by atoms with Gasteiger partial charge >= 0.3 is 5.97 Å². The molecule has 5 rings (SSSR count). The average molecular weight is 475 g/mol. The van der Waals surface area contributed by atoms with E-state index in [1.54, 1.807) is 0 Å². The molecule has 2 atom stereocenters. The standard InChI is InChI=1S/C20H18N4O4S3/c1-10-22-23-19(30-10)31-12-9-29-16-13(15(25)24(16)14(12)17(26)27)21-18(28)20(7-8-20)11-5-3-2-4-6-11/h2-6,13,16H,7-9H2,1H3,(H,21,28)(H,26,27)/t13-,16+/m1/s1. The van der Waals surface area contributed by atoms with Crippen LogP contribution in [-0.4, -0.2) is 55.2 Å². The van der Waals surface area contributed by atoms with E-state index in [2.05, 4.69) is 15.5 Å². The number of aryl methyl sites for hydroxylation is 1. The van der Waals surface area contributed by atoms with Gasteiger partial charge in [-0.3, -0.25) is 14.5 Å². The van der Waals surface area contributed by atoms with Gasteiger partial charge in [-0.05, 0) is 25.3 Å². The second-order valence-corrected chi connectivity index (χ2v) is 11.2. The monoisotopic (exact) mass is 474 g/mol. The van der Waals surface area contributed by atoms with E-state index in [9.17, 15) is 19.5 Å². The number of hydrogen-bond donors (Lipinski definition) is 2. The number of carbonyl (C=O) groups is 3. The minimum absolute atomic E-state index is 0.0266. The predicted octanol–water partition coefficient (Wildman–Crippen LogP) is 2.37. The third-order valence-corrected chi connectivity index (χ3v) is 9.09. The van der Waals surface area contributed by atoms with Crippen LogP contribution < -0.4 is 5.32 Å². The Morgan fingerprint density at radius 2 is 2.00 bits per heavy atom. The second kappa shape index (κ2) is 7.64. The number of nitrogens with one attached hydrogen (secondary N) is 1. The summed E-state index contributed by atoms with van der Waals surface area (Å²) in [4.78, 5) is 39.8. The molecule has 2 N–H and O–H groups in total. The van der Waals surface area contributed by atoms with Gasteiger partial charge in [0.15, 0.2) is 4.34 Å². The van der Waals surface area contributed by atoms with Gasteiger partial charge in [0.1, 0.15) is 22.1 Å². The first kappa shape index (κ1) is 20.5. The number of fused-ring (bicyclic) bond motifs is 1. The van der Waals surface area contributed by atoms with Crippen LogP contribution in [0.5, 0.6) is 0 Å². The van der Waals surface area contributed by atoms with Gasteiger partial charge in [0.25, 0.3) is 5.91 Å². The molecule has 1 aromatic carbocycles. The van der Waals surface area contributed by atoms with Crippen LogP contribution >= 0.6 is 34.9 Å². The van der Waals surface area contributed by atoms with Crippen molar-refractivity contribution in [3.05, 3.63) is 51.5 Å². The van der Waals surface area contributed by atoms with Crippen LogP contribution in [0.25, 0.3) is 0 Å². The molecule has 160 valence electrons. The molecule has 2 aromatic rings. The molecule has 3 heterocycles. The molecule has 0 bridgehead atoms. The van der Waals surface area contributed by atoms with Crippen molar-refractivity contribution in [2.45, 2.75) is 40.9 Å². The summed E-state index contributed by atoms with van der Waals surface area (Å²) in [7, 11) is 0. The van der Waals surface area contributed by atoms with Gasteiger partial charge in [0.05, 0.1) is 5.41 Å². The molecule has 0 radical (unpaired) electrons. The first-order chi connectivity index (χ1) is 14.9. The van der Waals surface area contributed by atoms with Crippen molar-refractivity contribution in [2.75, 3.05) is 5.75 Å². The highest BCUT2D eigenvalue weighted by atomic mass is 32.2. The fourth-order valence-electron chi connectivity index (χ4n) is 3.90. The maximum absolute atomic E-state index is 13.0. The lowest BCUT2D eigenvalue weighted by atomic mass is 9.94. The number of nitrogens with zero attached hydrogens (tertiary/aromatic N) is 3. The topological polar surface area (TPSA) is 112 Å². The van der Waals surface area contributed by atoms with E-state index in [0.29, 0.717) is 15.0 Å². The minimum atomic E-state index is -1.16. The molecule has 11 heteroatoms. The lowest BCUT2D eigenvalue weighted by molar-refractivity contribution is -0.150.